The second kappa shape index (κ2) is 13.1. The zero-order chi connectivity index (χ0) is 36.0. The number of nitrogens with zero attached hydrogens (tertiary/aromatic N) is 6. The monoisotopic (exact) mass is 673 g/mol. The number of aryl methyl sites for hydroxylation is 1. The first kappa shape index (κ1) is 35.2. The summed E-state index contributed by atoms with van der Waals surface area (Å²) in [6, 6.07) is 5.50. The highest BCUT2D eigenvalue weighted by atomic mass is 19.1. The number of ether oxygens (including phenoxy) is 2. The lowest BCUT2D eigenvalue weighted by molar-refractivity contribution is -0.133. The van der Waals surface area contributed by atoms with Gasteiger partial charge in [-0.1, -0.05) is 0 Å². The van der Waals surface area contributed by atoms with Crippen molar-refractivity contribution in [3.8, 4) is 11.1 Å². The van der Waals surface area contributed by atoms with Gasteiger partial charge < -0.3 is 19.7 Å². The number of amides is 3. The number of fused-ring (bicyclic) bond motifs is 2. The predicted octanol–water partition coefficient (Wildman–Crippen LogP) is 7.46. The number of hydrogen-bond acceptors (Lipinski definition) is 9. The van der Waals surface area contributed by atoms with E-state index >= 15 is 4.39 Å². The number of benzene rings is 1. The van der Waals surface area contributed by atoms with Crippen molar-refractivity contribution in [2.75, 3.05) is 16.8 Å². The van der Waals surface area contributed by atoms with Crippen LogP contribution in [0.15, 0.2) is 36.8 Å². The molecule has 0 aliphatic carbocycles. The van der Waals surface area contributed by atoms with Crippen LogP contribution < -0.4 is 10.2 Å². The largest absolute Gasteiger partial charge is 0.443 e. The van der Waals surface area contributed by atoms with Crippen molar-refractivity contribution < 1.29 is 28.2 Å². The van der Waals surface area contributed by atoms with Gasteiger partial charge >= 0.3 is 12.2 Å². The molecule has 4 heterocycles. The summed E-state index contributed by atoms with van der Waals surface area (Å²) in [7, 11) is 0. The van der Waals surface area contributed by atoms with E-state index in [0.717, 1.165) is 10.6 Å². The number of hydrogen-bond donors (Lipinski definition) is 1. The minimum absolute atomic E-state index is 0.0198. The standard InChI is InChI=1S/C36H44FN7O5/c1-20(2)42-12-11-24-15-30(41-43(24)19-31(42)45)40-29-14-23-13-25(32(37)22(4)26(23)17-39-29)27-16-38-18-28(21(27)3)44(33(46)48-35(5,6)7)34(47)49-36(8,9)10/h13-18,20H,11-12,19H2,1-10H3,(H,39,40,41). The Morgan fingerprint density at radius 2 is 1.57 bits per heavy atom. The summed E-state index contributed by atoms with van der Waals surface area (Å²) >= 11 is 0. The summed E-state index contributed by atoms with van der Waals surface area (Å²) in [6.07, 6.45) is 3.23. The van der Waals surface area contributed by atoms with Gasteiger partial charge in [-0.3, -0.25) is 14.5 Å². The van der Waals surface area contributed by atoms with Crippen LogP contribution >= 0.6 is 0 Å². The number of carbonyl (C=O) groups excluding carboxylic acids is 3. The summed E-state index contributed by atoms with van der Waals surface area (Å²) in [4.78, 5) is 50.9. The molecule has 0 spiro atoms. The van der Waals surface area contributed by atoms with E-state index in [1.807, 2.05) is 24.8 Å². The van der Waals surface area contributed by atoms with Crippen LogP contribution in [0.1, 0.15) is 72.2 Å². The van der Waals surface area contributed by atoms with Crippen LogP contribution in [-0.2, 0) is 27.2 Å². The highest BCUT2D eigenvalue weighted by molar-refractivity contribution is 6.10. The van der Waals surface area contributed by atoms with Gasteiger partial charge in [-0.25, -0.2) is 19.0 Å². The molecule has 1 aromatic carbocycles. The molecular formula is C36H44FN7O5. The number of pyridine rings is 2. The van der Waals surface area contributed by atoms with Gasteiger partial charge in [0.2, 0.25) is 5.91 Å². The SMILES string of the molecule is Cc1c(-c2cc3cc(Nc4cc5n(n4)CC(=O)N(C(C)C)CC5)ncc3c(C)c2F)cncc1N(C(=O)OC(C)(C)C)C(=O)OC(C)(C)C. The van der Waals surface area contributed by atoms with Crippen LogP contribution in [0, 0.1) is 19.7 Å². The van der Waals surface area contributed by atoms with E-state index in [9.17, 15) is 14.4 Å². The highest BCUT2D eigenvalue weighted by Gasteiger charge is 2.34. The second-order valence-corrected chi connectivity index (χ2v) is 14.5. The Morgan fingerprint density at radius 1 is 0.918 bits per heavy atom. The van der Waals surface area contributed by atoms with Crippen molar-refractivity contribution in [1.82, 2.24) is 24.6 Å². The van der Waals surface area contributed by atoms with Gasteiger partial charge in [-0.2, -0.15) is 10.00 Å². The van der Waals surface area contributed by atoms with E-state index in [1.54, 1.807) is 78.4 Å². The number of carbonyl (C=O) groups is 3. The average molecular weight is 674 g/mol. The molecular weight excluding hydrogens is 629 g/mol. The molecule has 0 fully saturated rings. The average Bonchev–Trinajstić information content (AvgIpc) is 3.26. The Hall–Kier alpha value is -5.07. The van der Waals surface area contributed by atoms with E-state index in [4.69, 9.17) is 9.47 Å². The Kier molecular flexibility index (Phi) is 9.42. The molecule has 49 heavy (non-hydrogen) atoms. The van der Waals surface area contributed by atoms with Crippen molar-refractivity contribution in [3.05, 3.63) is 59.4 Å². The number of halogens is 1. The number of rotatable bonds is 5. The normalized spacial score (nSPS) is 13.7. The summed E-state index contributed by atoms with van der Waals surface area (Å²) in [5.41, 5.74) is 0.625. The van der Waals surface area contributed by atoms with Gasteiger partial charge in [0.15, 0.2) is 5.82 Å². The van der Waals surface area contributed by atoms with Crippen LogP contribution in [-0.4, -0.2) is 66.5 Å². The fourth-order valence-electron chi connectivity index (χ4n) is 5.72. The summed E-state index contributed by atoms with van der Waals surface area (Å²) in [5, 5.41) is 9.14. The molecule has 13 heteroatoms. The molecule has 3 amide bonds. The molecule has 0 saturated heterocycles. The van der Waals surface area contributed by atoms with E-state index in [0.29, 0.717) is 52.1 Å². The summed E-state index contributed by atoms with van der Waals surface area (Å²) in [6.45, 7) is 18.3. The molecule has 5 rings (SSSR count). The lowest BCUT2D eigenvalue weighted by Gasteiger charge is -2.29. The molecule has 0 radical (unpaired) electrons. The van der Waals surface area contributed by atoms with Crippen molar-refractivity contribution in [3.63, 3.8) is 0 Å². The van der Waals surface area contributed by atoms with E-state index in [-0.39, 0.29) is 29.7 Å². The smallest absolute Gasteiger partial charge is 0.424 e. The summed E-state index contributed by atoms with van der Waals surface area (Å²) < 4.78 is 28.9. The first-order valence-electron chi connectivity index (χ1n) is 16.3. The Labute approximate surface area is 285 Å². The van der Waals surface area contributed by atoms with Crippen LogP contribution in [0.5, 0.6) is 0 Å². The van der Waals surface area contributed by atoms with Crippen molar-refractivity contribution in [1.29, 1.82) is 0 Å². The minimum Gasteiger partial charge on any atom is -0.443 e. The maximum Gasteiger partial charge on any atom is 0.424 e. The predicted molar refractivity (Wildman–Crippen MR) is 185 cm³/mol. The van der Waals surface area contributed by atoms with Crippen LogP contribution in [0.25, 0.3) is 21.9 Å². The molecule has 0 atom stereocenters. The molecule has 1 aliphatic heterocycles. The molecule has 0 saturated carbocycles. The Morgan fingerprint density at radius 3 is 2.18 bits per heavy atom. The molecule has 3 aromatic heterocycles. The lowest BCUT2D eigenvalue weighted by atomic mass is 9.95. The zero-order valence-electron chi connectivity index (χ0n) is 29.8. The maximum absolute atomic E-state index is 16.1. The fourth-order valence-corrected chi connectivity index (χ4v) is 5.72. The molecule has 12 nitrogen and oxygen atoms in total. The number of imide groups is 1. The van der Waals surface area contributed by atoms with Gasteiger partial charge in [-0.05, 0) is 97.9 Å². The minimum atomic E-state index is -0.945. The third kappa shape index (κ3) is 7.65. The zero-order valence-corrected chi connectivity index (χ0v) is 29.8. The second-order valence-electron chi connectivity index (χ2n) is 14.5. The molecule has 0 unspecified atom stereocenters. The van der Waals surface area contributed by atoms with Gasteiger partial charge in [0.05, 0.1) is 11.9 Å². The van der Waals surface area contributed by atoms with E-state index in [1.165, 1.54) is 12.4 Å². The van der Waals surface area contributed by atoms with Crippen molar-refractivity contribution >= 4 is 46.2 Å². The molecule has 4 aromatic rings. The quantitative estimate of drug-likeness (QED) is 0.229. The van der Waals surface area contributed by atoms with Crippen LogP contribution in [0.2, 0.25) is 0 Å². The Balaban J connectivity index is 1.51. The fraction of sp³-hybridized carbons (Fsp3) is 0.444. The van der Waals surface area contributed by atoms with Crippen molar-refractivity contribution in [2.24, 2.45) is 0 Å². The Bertz CT molecular complexity index is 1910. The van der Waals surface area contributed by atoms with E-state index < -0.39 is 29.2 Å². The molecule has 1 aliphatic rings. The molecule has 260 valence electrons. The van der Waals surface area contributed by atoms with Gasteiger partial charge in [0, 0.05) is 59.7 Å². The highest BCUT2D eigenvalue weighted by Crippen LogP contribution is 2.37. The molecule has 1 N–H and O–H groups in total. The van der Waals surface area contributed by atoms with Gasteiger partial charge in [0.25, 0.3) is 0 Å². The van der Waals surface area contributed by atoms with E-state index in [2.05, 4.69) is 20.4 Å². The third-order valence-electron chi connectivity index (χ3n) is 8.03. The first-order valence-corrected chi connectivity index (χ1v) is 16.3. The molecule has 0 bridgehead atoms. The lowest BCUT2D eigenvalue weighted by Crippen LogP contribution is -2.44. The van der Waals surface area contributed by atoms with Crippen molar-refractivity contribution in [2.45, 2.75) is 99.4 Å². The van der Waals surface area contributed by atoms with Crippen LogP contribution in [0.4, 0.5) is 31.3 Å². The summed E-state index contributed by atoms with van der Waals surface area (Å²) in [5.74, 6) is 0.559. The first-order chi connectivity index (χ1) is 22.8. The van der Waals surface area contributed by atoms with Gasteiger partial charge in [-0.15, -0.1) is 0 Å². The number of nitrogens with one attached hydrogen (secondary N) is 1. The van der Waals surface area contributed by atoms with Crippen LogP contribution in [0.3, 0.4) is 0 Å². The maximum atomic E-state index is 16.1. The topological polar surface area (TPSA) is 132 Å². The number of anilines is 3. The number of aromatic nitrogens is 4. The van der Waals surface area contributed by atoms with Gasteiger partial charge in [0.1, 0.15) is 29.4 Å². The third-order valence-corrected chi connectivity index (χ3v) is 8.03.